The second-order valence-corrected chi connectivity index (χ2v) is 8.74. The number of ether oxygens (including phenoxy) is 2. The molecule has 0 heterocycles. The van der Waals surface area contributed by atoms with Gasteiger partial charge in [0.25, 0.3) is 0 Å². The van der Waals surface area contributed by atoms with Gasteiger partial charge in [-0.15, -0.1) is 0 Å². The highest BCUT2D eigenvalue weighted by molar-refractivity contribution is 5.89. The highest BCUT2D eigenvalue weighted by atomic mass is 16.6. The minimum atomic E-state index is -0.875. The van der Waals surface area contributed by atoms with E-state index < -0.39 is 40.9 Å². The SMILES string of the molecule is COC(=O)c1ccc(C)c(C(CC(=O)OC(C)(C)C)C[N+](=O)[O-])c1.Cc1ccc(C(=O)O)cc1. The fraction of sp³-hybridized carbons (Fsp3) is 0.400. The zero-order valence-corrected chi connectivity index (χ0v) is 20.3. The molecule has 9 heteroatoms. The van der Waals surface area contributed by atoms with Crippen LogP contribution in [0.3, 0.4) is 0 Å². The van der Waals surface area contributed by atoms with Crippen molar-refractivity contribution >= 4 is 17.9 Å². The molecule has 0 aliphatic carbocycles. The maximum absolute atomic E-state index is 12.1. The third-order valence-corrected chi connectivity index (χ3v) is 4.64. The van der Waals surface area contributed by atoms with Gasteiger partial charge in [0, 0.05) is 4.92 Å². The number of carboxylic acids is 1. The number of carbonyl (C=O) groups is 3. The number of carboxylic acid groups (broad SMARTS) is 1. The van der Waals surface area contributed by atoms with E-state index >= 15 is 0 Å². The number of nitrogens with zero attached hydrogens (tertiary/aromatic N) is 1. The summed E-state index contributed by atoms with van der Waals surface area (Å²) in [6.45, 7) is 8.47. The molecule has 1 unspecified atom stereocenters. The Morgan fingerprint density at radius 1 is 1.03 bits per heavy atom. The van der Waals surface area contributed by atoms with Crippen LogP contribution in [0.15, 0.2) is 42.5 Å². The van der Waals surface area contributed by atoms with E-state index in [1.165, 1.54) is 7.11 Å². The lowest BCUT2D eigenvalue weighted by molar-refractivity contribution is -0.483. The first-order valence-corrected chi connectivity index (χ1v) is 10.6. The molecule has 0 saturated carbocycles. The summed E-state index contributed by atoms with van der Waals surface area (Å²) in [6.07, 6.45) is -0.135. The Morgan fingerprint density at radius 2 is 1.59 bits per heavy atom. The lowest BCUT2D eigenvalue weighted by Gasteiger charge is -2.22. The Bertz CT molecular complexity index is 1020. The van der Waals surface area contributed by atoms with Gasteiger partial charge in [0.15, 0.2) is 0 Å². The number of hydrogen-bond acceptors (Lipinski definition) is 7. The van der Waals surface area contributed by atoms with Crippen LogP contribution in [-0.2, 0) is 14.3 Å². The number of benzene rings is 2. The van der Waals surface area contributed by atoms with Crippen LogP contribution >= 0.6 is 0 Å². The van der Waals surface area contributed by atoms with E-state index in [1.807, 2.05) is 6.92 Å². The molecule has 1 atom stereocenters. The molecule has 34 heavy (non-hydrogen) atoms. The van der Waals surface area contributed by atoms with Gasteiger partial charge in [0.2, 0.25) is 6.54 Å². The molecule has 0 aromatic heterocycles. The van der Waals surface area contributed by atoms with Gasteiger partial charge in [-0.2, -0.15) is 0 Å². The van der Waals surface area contributed by atoms with E-state index in [0.29, 0.717) is 11.1 Å². The normalized spacial score (nSPS) is 11.5. The maximum Gasteiger partial charge on any atom is 0.337 e. The molecule has 184 valence electrons. The van der Waals surface area contributed by atoms with Crippen LogP contribution < -0.4 is 0 Å². The average molecular weight is 474 g/mol. The van der Waals surface area contributed by atoms with Gasteiger partial charge >= 0.3 is 17.9 Å². The summed E-state index contributed by atoms with van der Waals surface area (Å²) in [4.78, 5) is 44.6. The highest BCUT2D eigenvalue weighted by Crippen LogP contribution is 2.26. The van der Waals surface area contributed by atoms with Gasteiger partial charge < -0.3 is 14.6 Å². The highest BCUT2D eigenvalue weighted by Gasteiger charge is 2.27. The van der Waals surface area contributed by atoms with Gasteiger partial charge in [-0.1, -0.05) is 23.8 Å². The zero-order valence-electron chi connectivity index (χ0n) is 20.3. The van der Waals surface area contributed by atoms with Crippen LogP contribution in [0.2, 0.25) is 0 Å². The van der Waals surface area contributed by atoms with Crippen LogP contribution in [0, 0.1) is 24.0 Å². The van der Waals surface area contributed by atoms with Crippen molar-refractivity contribution in [1.82, 2.24) is 0 Å². The molecule has 2 aromatic carbocycles. The fourth-order valence-corrected chi connectivity index (χ4v) is 3.06. The van der Waals surface area contributed by atoms with Crippen molar-refractivity contribution in [2.45, 2.75) is 52.6 Å². The summed E-state index contributed by atoms with van der Waals surface area (Å²) in [5.41, 5.74) is 2.36. The molecule has 2 rings (SSSR count). The number of esters is 2. The molecule has 0 amide bonds. The van der Waals surface area contributed by atoms with Crippen LogP contribution in [0.4, 0.5) is 0 Å². The Morgan fingerprint density at radius 3 is 2.06 bits per heavy atom. The summed E-state index contributed by atoms with van der Waals surface area (Å²) in [6, 6.07) is 11.6. The van der Waals surface area contributed by atoms with Crippen molar-refractivity contribution < 1.29 is 33.9 Å². The number of methoxy groups -OCH3 is 1. The first-order chi connectivity index (χ1) is 15.7. The lowest BCUT2D eigenvalue weighted by atomic mass is 9.90. The van der Waals surface area contributed by atoms with Gasteiger partial charge in [0.05, 0.1) is 30.6 Å². The van der Waals surface area contributed by atoms with E-state index in [1.54, 1.807) is 70.2 Å². The molecule has 0 fully saturated rings. The van der Waals surface area contributed by atoms with E-state index in [0.717, 1.165) is 11.1 Å². The largest absolute Gasteiger partial charge is 0.478 e. The van der Waals surface area contributed by atoms with Gasteiger partial charge in [-0.3, -0.25) is 14.9 Å². The molecule has 0 bridgehead atoms. The van der Waals surface area contributed by atoms with Crippen LogP contribution in [0.5, 0.6) is 0 Å². The molecule has 0 spiro atoms. The number of aromatic carboxylic acids is 1. The third-order valence-electron chi connectivity index (χ3n) is 4.64. The molecule has 0 saturated heterocycles. The Kier molecular flexibility index (Phi) is 10.4. The maximum atomic E-state index is 12.1. The smallest absolute Gasteiger partial charge is 0.337 e. The molecule has 0 radical (unpaired) electrons. The standard InChI is InChI=1S/C17H23NO6.C8H8O2/c1-11-6-7-12(16(20)23-5)8-14(11)13(10-18(21)22)9-15(19)24-17(2,3)4;1-6-2-4-7(5-3-6)8(9)10/h6-8,13H,9-10H2,1-5H3;2-5H,1H3,(H,9,10). The van der Waals surface area contributed by atoms with Gasteiger partial charge in [-0.25, -0.2) is 9.59 Å². The molecule has 1 N–H and O–H groups in total. The van der Waals surface area contributed by atoms with Gasteiger partial charge in [0.1, 0.15) is 5.60 Å². The summed E-state index contributed by atoms with van der Waals surface area (Å²) in [5, 5.41) is 19.5. The average Bonchev–Trinajstić information content (AvgIpc) is 2.72. The van der Waals surface area contributed by atoms with Crippen molar-refractivity contribution in [3.63, 3.8) is 0 Å². The second-order valence-electron chi connectivity index (χ2n) is 8.74. The second kappa shape index (κ2) is 12.5. The third kappa shape index (κ3) is 9.81. The van der Waals surface area contributed by atoms with Gasteiger partial charge in [-0.05, 0) is 70.0 Å². The summed E-state index contributed by atoms with van der Waals surface area (Å²) >= 11 is 0. The molecular weight excluding hydrogens is 442 g/mol. The quantitative estimate of drug-likeness (QED) is 0.351. The van der Waals surface area contributed by atoms with E-state index in [2.05, 4.69) is 4.74 Å². The minimum Gasteiger partial charge on any atom is -0.478 e. The zero-order chi connectivity index (χ0) is 26.1. The number of nitro groups is 1. The van der Waals surface area contributed by atoms with Crippen LogP contribution in [0.25, 0.3) is 0 Å². The Hall–Kier alpha value is -3.75. The van der Waals surface area contributed by atoms with Crippen molar-refractivity contribution in [1.29, 1.82) is 0 Å². The van der Waals surface area contributed by atoms with E-state index in [4.69, 9.17) is 9.84 Å². The molecule has 0 aliphatic heterocycles. The van der Waals surface area contributed by atoms with Crippen molar-refractivity contribution in [3.05, 3.63) is 80.4 Å². The van der Waals surface area contributed by atoms with E-state index in [9.17, 15) is 24.5 Å². The monoisotopic (exact) mass is 473 g/mol. The minimum absolute atomic E-state index is 0.135. The summed E-state index contributed by atoms with van der Waals surface area (Å²) < 4.78 is 9.93. The van der Waals surface area contributed by atoms with Crippen LogP contribution in [0.1, 0.15) is 70.5 Å². The topological polar surface area (TPSA) is 133 Å². The van der Waals surface area contributed by atoms with Crippen molar-refractivity contribution in [2.75, 3.05) is 13.7 Å². The fourth-order valence-electron chi connectivity index (χ4n) is 3.06. The Labute approximate surface area is 198 Å². The number of carbonyl (C=O) groups excluding carboxylic acids is 2. The predicted octanol–water partition coefficient (Wildman–Crippen LogP) is 4.57. The first kappa shape index (κ1) is 28.3. The van der Waals surface area contributed by atoms with Crippen LogP contribution in [-0.4, -0.2) is 47.2 Å². The van der Waals surface area contributed by atoms with Crippen molar-refractivity contribution in [2.24, 2.45) is 0 Å². The number of hydrogen-bond donors (Lipinski definition) is 1. The molecule has 9 nitrogen and oxygen atoms in total. The molecule has 0 aliphatic rings. The summed E-state index contributed by atoms with van der Waals surface area (Å²) in [5.74, 6) is -2.61. The first-order valence-electron chi connectivity index (χ1n) is 10.6. The lowest BCUT2D eigenvalue weighted by Crippen LogP contribution is -2.26. The summed E-state index contributed by atoms with van der Waals surface area (Å²) in [7, 11) is 1.26. The molecular formula is C25H31NO8. The predicted molar refractivity (Wildman–Crippen MR) is 126 cm³/mol. The van der Waals surface area contributed by atoms with Crippen molar-refractivity contribution in [3.8, 4) is 0 Å². The Balaban J connectivity index is 0.000000479. The number of aryl methyl sites for hydroxylation is 2. The molecule has 2 aromatic rings. The number of rotatable bonds is 7. The van der Waals surface area contributed by atoms with E-state index in [-0.39, 0.29) is 12.0 Å².